The second-order valence-corrected chi connectivity index (χ2v) is 7.42. The van der Waals surface area contributed by atoms with Crippen LogP contribution in [0.15, 0.2) is 66.7 Å². The van der Waals surface area contributed by atoms with Gasteiger partial charge in [-0.25, -0.2) is 0 Å². The highest BCUT2D eigenvalue weighted by Crippen LogP contribution is 2.20. The monoisotopic (exact) mass is 408 g/mol. The van der Waals surface area contributed by atoms with Crippen LogP contribution in [0.3, 0.4) is 0 Å². The molecule has 148 valence electrons. The fourth-order valence-electron chi connectivity index (χ4n) is 3.46. The molecule has 1 fully saturated rings. The van der Waals surface area contributed by atoms with Crippen molar-refractivity contribution in [3.05, 3.63) is 77.3 Å². The fourth-order valence-corrected chi connectivity index (χ4v) is 3.65. The number of rotatable bonds is 4. The van der Waals surface area contributed by atoms with Crippen LogP contribution in [0.25, 0.3) is 10.8 Å². The number of hydrogen-bond donors (Lipinski definition) is 0. The van der Waals surface area contributed by atoms with Crippen LogP contribution in [0.5, 0.6) is 5.75 Å². The molecule has 4 rings (SSSR count). The first-order valence-electron chi connectivity index (χ1n) is 9.54. The van der Waals surface area contributed by atoms with Gasteiger partial charge in [0.2, 0.25) is 0 Å². The second kappa shape index (κ2) is 8.53. The van der Waals surface area contributed by atoms with Crippen molar-refractivity contribution in [3.63, 3.8) is 0 Å². The number of piperazine rings is 1. The van der Waals surface area contributed by atoms with Crippen molar-refractivity contribution < 1.29 is 14.3 Å². The van der Waals surface area contributed by atoms with E-state index in [0.29, 0.717) is 42.5 Å². The average molecular weight is 409 g/mol. The van der Waals surface area contributed by atoms with E-state index < -0.39 is 0 Å². The van der Waals surface area contributed by atoms with E-state index in [2.05, 4.69) is 0 Å². The first-order valence-corrected chi connectivity index (χ1v) is 9.92. The first-order chi connectivity index (χ1) is 14.1. The Hall–Kier alpha value is -3.05. The molecule has 1 heterocycles. The van der Waals surface area contributed by atoms with Gasteiger partial charge in [-0.05, 0) is 41.1 Å². The lowest BCUT2D eigenvalue weighted by molar-refractivity contribution is -0.134. The van der Waals surface area contributed by atoms with Crippen molar-refractivity contribution in [1.29, 1.82) is 0 Å². The summed E-state index contributed by atoms with van der Waals surface area (Å²) in [6, 6.07) is 20.7. The van der Waals surface area contributed by atoms with E-state index >= 15 is 0 Å². The van der Waals surface area contributed by atoms with Gasteiger partial charge >= 0.3 is 0 Å². The Kier molecular flexibility index (Phi) is 5.67. The molecule has 2 amide bonds. The van der Waals surface area contributed by atoms with Gasteiger partial charge < -0.3 is 14.5 Å². The second-order valence-electron chi connectivity index (χ2n) is 6.98. The number of halogens is 1. The van der Waals surface area contributed by atoms with Crippen LogP contribution in [0.2, 0.25) is 5.02 Å². The lowest BCUT2D eigenvalue weighted by Crippen LogP contribution is -2.51. The summed E-state index contributed by atoms with van der Waals surface area (Å²) in [4.78, 5) is 28.6. The van der Waals surface area contributed by atoms with Crippen LogP contribution in [0.4, 0.5) is 0 Å². The largest absolute Gasteiger partial charge is 0.484 e. The molecule has 29 heavy (non-hydrogen) atoms. The van der Waals surface area contributed by atoms with Crippen LogP contribution in [0, 0.1) is 0 Å². The zero-order valence-electron chi connectivity index (χ0n) is 15.9. The van der Waals surface area contributed by atoms with Gasteiger partial charge in [0.05, 0.1) is 0 Å². The van der Waals surface area contributed by atoms with Crippen molar-refractivity contribution >= 4 is 34.2 Å². The number of carbonyl (C=O) groups excluding carboxylic acids is 2. The molecular formula is C23H21ClN2O3. The van der Waals surface area contributed by atoms with Gasteiger partial charge in [0.15, 0.2) is 6.61 Å². The summed E-state index contributed by atoms with van der Waals surface area (Å²) in [6.45, 7) is 1.96. The predicted octanol–water partition coefficient (Wildman–Crippen LogP) is 3.86. The van der Waals surface area contributed by atoms with E-state index in [1.807, 2.05) is 42.5 Å². The van der Waals surface area contributed by atoms with Crippen molar-refractivity contribution in [2.75, 3.05) is 32.8 Å². The van der Waals surface area contributed by atoms with Crippen LogP contribution in [-0.4, -0.2) is 54.4 Å². The minimum atomic E-state index is -0.0759. The van der Waals surface area contributed by atoms with Crippen molar-refractivity contribution in [2.24, 2.45) is 0 Å². The standard InChI is InChI=1S/C23H21ClN2O3/c24-20-7-3-6-19(14-20)23(28)26-12-10-25(11-13-26)22(27)16-29-21-9-8-17-4-1-2-5-18(17)15-21/h1-9,14-15H,10-13,16H2. The summed E-state index contributed by atoms with van der Waals surface area (Å²) >= 11 is 5.97. The topological polar surface area (TPSA) is 49.9 Å². The van der Waals surface area contributed by atoms with Crippen LogP contribution < -0.4 is 4.74 Å². The van der Waals surface area contributed by atoms with Gasteiger partial charge in [-0.3, -0.25) is 9.59 Å². The molecule has 0 radical (unpaired) electrons. The van der Waals surface area contributed by atoms with Gasteiger partial charge in [0, 0.05) is 36.8 Å². The number of hydrogen-bond acceptors (Lipinski definition) is 3. The summed E-state index contributed by atoms with van der Waals surface area (Å²) in [5, 5.41) is 2.74. The zero-order chi connectivity index (χ0) is 20.2. The highest BCUT2D eigenvalue weighted by Gasteiger charge is 2.25. The molecular weight excluding hydrogens is 388 g/mol. The summed E-state index contributed by atoms with van der Waals surface area (Å²) in [6.07, 6.45) is 0. The number of amides is 2. The van der Waals surface area contributed by atoms with E-state index in [1.54, 1.807) is 34.1 Å². The predicted molar refractivity (Wildman–Crippen MR) is 113 cm³/mol. The van der Waals surface area contributed by atoms with E-state index in [1.165, 1.54) is 0 Å². The molecule has 1 aliphatic rings. The molecule has 0 aliphatic carbocycles. The molecule has 0 spiro atoms. The normalized spacial score (nSPS) is 14.1. The maximum Gasteiger partial charge on any atom is 0.260 e. The van der Waals surface area contributed by atoms with E-state index in [4.69, 9.17) is 16.3 Å². The number of carbonyl (C=O) groups is 2. The van der Waals surface area contributed by atoms with Crippen LogP contribution >= 0.6 is 11.6 Å². The highest BCUT2D eigenvalue weighted by molar-refractivity contribution is 6.30. The van der Waals surface area contributed by atoms with Gasteiger partial charge in [-0.2, -0.15) is 0 Å². The lowest BCUT2D eigenvalue weighted by atomic mass is 10.1. The summed E-state index contributed by atoms with van der Waals surface area (Å²) < 4.78 is 5.70. The van der Waals surface area contributed by atoms with Gasteiger partial charge in [-0.15, -0.1) is 0 Å². The summed E-state index contributed by atoms with van der Waals surface area (Å²) in [5.41, 5.74) is 0.567. The highest BCUT2D eigenvalue weighted by atomic mass is 35.5. The number of benzene rings is 3. The van der Waals surface area contributed by atoms with E-state index in [9.17, 15) is 9.59 Å². The Morgan fingerprint density at radius 3 is 2.31 bits per heavy atom. The Balaban J connectivity index is 1.30. The number of nitrogens with zero attached hydrogens (tertiary/aromatic N) is 2. The molecule has 0 unspecified atom stereocenters. The Morgan fingerprint density at radius 2 is 1.55 bits per heavy atom. The summed E-state index contributed by atoms with van der Waals surface area (Å²) in [5.74, 6) is 0.534. The molecule has 5 nitrogen and oxygen atoms in total. The third-order valence-electron chi connectivity index (χ3n) is 5.07. The summed E-state index contributed by atoms with van der Waals surface area (Å²) in [7, 11) is 0. The third kappa shape index (κ3) is 4.51. The third-order valence-corrected chi connectivity index (χ3v) is 5.31. The maximum absolute atomic E-state index is 12.6. The zero-order valence-corrected chi connectivity index (χ0v) is 16.6. The van der Waals surface area contributed by atoms with Crippen molar-refractivity contribution in [2.45, 2.75) is 0 Å². The molecule has 3 aromatic rings. The molecule has 3 aromatic carbocycles. The van der Waals surface area contributed by atoms with Crippen molar-refractivity contribution in [3.8, 4) is 5.75 Å². The minimum absolute atomic E-state index is 0.0133. The van der Waals surface area contributed by atoms with E-state index in [-0.39, 0.29) is 18.4 Å². The van der Waals surface area contributed by atoms with Crippen LogP contribution in [0.1, 0.15) is 10.4 Å². The average Bonchev–Trinajstić information content (AvgIpc) is 2.77. The molecule has 6 heteroatoms. The quantitative estimate of drug-likeness (QED) is 0.658. The minimum Gasteiger partial charge on any atom is -0.484 e. The van der Waals surface area contributed by atoms with Crippen LogP contribution in [-0.2, 0) is 4.79 Å². The van der Waals surface area contributed by atoms with Gasteiger partial charge in [0.1, 0.15) is 5.75 Å². The SMILES string of the molecule is O=C(COc1ccc2ccccc2c1)N1CCN(C(=O)c2cccc(Cl)c2)CC1. The molecule has 1 saturated heterocycles. The molecule has 0 aromatic heterocycles. The molecule has 0 saturated carbocycles. The Labute approximate surface area is 174 Å². The Bertz CT molecular complexity index is 1040. The number of ether oxygens (including phenoxy) is 1. The Morgan fingerprint density at radius 1 is 0.828 bits per heavy atom. The number of fused-ring (bicyclic) bond motifs is 1. The van der Waals surface area contributed by atoms with Crippen molar-refractivity contribution in [1.82, 2.24) is 9.80 Å². The van der Waals surface area contributed by atoms with Gasteiger partial charge in [0.25, 0.3) is 11.8 Å². The van der Waals surface area contributed by atoms with E-state index in [0.717, 1.165) is 10.8 Å². The molecule has 1 aliphatic heterocycles. The molecule has 0 bridgehead atoms. The fraction of sp³-hybridized carbons (Fsp3) is 0.217. The molecule has 0 atom stereocenters. The maximum atomic E-state index is 12.6. The first kappa shape index (κ1) is 19.3. The molecule has 0 N–H and O–H groups in total. The van der Waals surface area contributed by atoms with Gasteiger partial charge in [-0.1, -0.05) is 48.0 Å². The smallest absolute Gasteiger partial charge is 0.260 e. The lowest BCUT2D eigenvalue weighted by Gasteiger charge is -2.34.